The topological polar surface area (TPSA) is 57.0 Å². The summed E-state index contributed by atoms with van der Waals surface area (Å²) < 4.78 is 0. The molecular weight excluding hydrogens is 226 g/mol. The van der Waals surface area contributed by atoms with Gasteiger partial charge in [0, 0.05) is 35.6 Å². The van der Waals surface area contributed by atoms with E-state index in [0.29, 0.717) is 0 Å². The summed E-state index contributed by atoms with van der Waals surface area (Å²) in [5, 5.41) is 0. The van der Waals surface area contributed by atoms with Crippen molar-refractivity contribution >= 4 is 18.9 Å². The van der Waals surface area contributed by atoms with Crippen LogP contribution in [0.3, 0.4) is 0 Å². The van der Waals surface area contributed by atoms with Crippen molar-refractivity contribution in [3.8, 4) is 0 Å². The summed E-state index contributed by atoms with van der Waals surface area (Å²) >= 11 is 0. The number of hydrogen-bond donors (Lipinski definition) is 0. The van der Waals surface area contributed by atoms with Crippen LogP contribution in [0.25, 0.3) is 0 Å². The van der Waals surface area contributed by atoms with Gasteiger partial charge in [0.25, 0.3) is 0 Å². The van der Waals surface area contributed by atoms with Crippen molar-refractivity contribution in [2.45, 2.75) is 0 Å². The summed E-state index contributed by atoms with van der Waals surface area (Å²) in [5.41, 5.74) is 0. The van der Waals surface area contributed by atoms with Crippen LogP contribution in [0.1, 0.15) is 0 Å². The van der Waals surface area contributed by atoms with Crippen LogP contribution in [0.15, 0.2) is 0 Å². The first-order valence-corrected chi connectivity index (χ1v) is 0. The van der Waals surface area contributed by atoms with Crippen LogP contribution in [0.4, 0.5) is 0 Å². The minimum absolute atomic E-state index is 0. The molecule has 0 saturated carbocycles. The van der Waals surface area contributed by atoms with Gasteiger partial charge in [0.2, 0.25) is 0 Å². The molecule has 0 saturated heterocycles. The number of hydrogen-bond acceptors (Lipinski definition) is 0. The predicted molar refractivity (Wildman–Crippen MR) is 8.52 cm³/mol. The van der Waals surface area contributed by atoms with E-state index >= 15 is 0 Å². The Bertz CT molecular complexity index is 9.61. The van der Waals surface area contributed by atoms with Gasteiger partial charge in [-0.05, 0) is 0 Å². The molecule has 0 unspecified atom stereocenters. The van der Waals surface area contributed by atoms with Gasteiger partial charge in [-0.1, -0.05) is 0 Å². The average Bonchev–Trinajstić information content (AvgIpc) is 0. The van der Waals surface area contributed by atoms with Crippen molar-refractivity contribution in [3.05, 3.63) is 0 Å². The van der Waals surface area contributed by atoms with E-state index in [9.17, 15) is 0 Å². The quantitative estimate of drug-likeness (QED) is 0.482. The fourth-order valence-electron chi connectivity index (χ4n) is 0. The van der Waals surface area contributed by atoms with Crippen LogP contribution in [-0.2, 0) is 32.7 Å². The summed E-state index contributed by atoms with van der Waals surface area (Å²) in [6, 6.07) is 0. The summed E-state index contributed by atoms with van der Waals surface area (Å²) in [5.74, 6) is 0. The maximum absolute atomic E-state index is 0. The smallest absolute Gasteiger partial charge is 2.00 e. The molecule has 21 valence electrons. The molecule has 0 aromatic heterocycles. The van der Waals surface area contributed by atoms with Crippen LogP contribution in [0.2, 0.25) is 0 Å². The average molecular weight is 227 g/mol. The molecule has 0 aliphatic heterocycles. The molecule has 0 aliphatic carbocycles. The molecule has 0 aliphatic rings. The second kappa shape index (κ2) is 32.1. The zero-order valence-corrected chi connectivity index (χ0v) is 7.08. The largest absolute Gasteiger partial charge is 4.00 e. The molecule has 0 atom stereocenters. The fourth-order valence-corrected chi connectivity index (χ4v) is 0. The van der Waals surface area contributed by atoms with E-state index in [1.165, 1.54) is 0 Å². The predicted octanol–water partition coefficient (Wildman–Crippen LogP) is -0.889. The normalized spacial score (nSPS) is 0. The summed E-state index contributed by atoms with van der Waals surface area (Å²) in [7, 11) is 0. The van der Waals surface area contributed by atoms with E-state index in [4.69, 9.17) is 0 Å². The van der Waals surface area contributed by atoms with Crippen LogP contribution < -0.4 is 0 Å². The maximum Gasteiger partial charge on any atom is 4.00 e. The van der Waals surface area contributed by atoms with Gasteiger partial charge in [-0.3, -0.25) is 0 Å². The first-order chi connectivity index (χ1) is 0. The Hall–Kier alpha value is 2.43. The van der Waals surface area contributed by atoms with E-state index in [2.05, 4.69) is 0 Å². The van der Waals surface area contributed by atoms with Gasteiger partial charge in [0.05, 0.1) is 0 Å². The Morgan fingerprint density at radius 3 is 0.800 bits per heavy atom. The third-order valence-corrected chi connectivity index (χ3v) is 0. The van der Waals surface area contributed by atoms with Crippen molar-refractivity contribution in [3.63, 3.8) is 0 Å². The van der Waals surface area contributed by atoms with Gasteiger partial charge in [0.15, 0.2) is 0 Å². The van der Waals surface area contributed by atoms with E-state index in [0.717, 1.165) is 0 Å². The van der Waals surface area contributed by atoms with Gasteiger partial charge in [-0.15, -0.1) is 0 Å². The maximum atomic E-state index is 0. The van der Waals surface area contributed by atoms with Crippen molar-refractivity contribution in [1.29, 1.82) is 0 Å². The Morgan fingerprint density at radius 1 is 0.800 bits per heavy atom. The standard InChI is InChI=1S/La.Li.2O.Ti.H/q;;2*-2;+4;. The monoisotopic (exact) mass is 227 g/mol. The van der Waals surface area contributed by atoms with Gasteiger partial charge in [0.1, 0.15) is 0 Å². The SMILES string of the molecule is [La].[LiH].[O-2].[O-2].[Ti+4]. The third-order valence-electron chi connectivity index (χ3n) is 0. The van der Waals surface area contributed by atoms with Gasteiger partial charge < -0.3 is 11.0 Å². The van der Waals surface area contributed by atoms with Crippen LogP contribution in [0.5, 0.6) is 0 Å². The summed E-state index contributed by atoms with van der Waals surface area (Å²) in [6.07, 6.45) is 0. The zero-order chi connectivity index (χ0) is 0. The van der Waals surface area contributed by atoms with Crippen molar-refractivity contribution < 1.29 is 68.3 Å². The molecule has 0 spiro atoms. The van der Waals surface area contributed by atoms with Crippen molar-refractivity contribution in [1.82, 2.24) is 0 Å². The van der Waals surface area contributed by atoms with E-state index < -0.39 is 0 Å². The van der Waals surface area contributed by atoms with E-state index in [1.54, 1.807) is 0 Å². The Balaban J connectivity index is 0. The Labute approximate surface area is 85.7 Å². The van der Waals surface area contributed by atoms with Crippen molar-refractivity contribution in [2.75, 3.05) is 0 Å². The molecule has 0 fully saturated rings. The summed E-state index contributed by atoms with van der Waals surface area (Å²) in [4.78, 5) is 0. The molecule has 1 radical (unpaired) electrons. The molecule has 0 aromatic carbocycles. The molecule has 5 heavy (non-hydrogen) atoms. The minimum Gasteiger partial charge on any atom is -2.00 e. The first kappa shape index (κ1) is 52.1. The van der Waals surface area contributed by atoms with Gasteiger partial charge >= 0.3 is 40.6 Å². The second-order valence-corrected chi connectivity index (χ2v) is 0. The molecule has 0 rings (SSSR count). The van der Waals surface area contributed by atoms with E-state index in [-0.39, 0.29) is 87.1 Å². The van der Waals surface area contributed by atoms with Crippen molar-refractivity contribution in [2.24, 2.45) is 0 Å². The van der Waals surface area contributed by atoms with Crippen LogP contribution in [-0.4, -0.2) is 18.9 Å². The van der Waals surface area contributed by atoms with Crippen LogP contribution in [0, 0.1) is 35.6 Å². The summed E-state index contributed by atoms with van der Waals surface area (Å²) in [6.45, 7) is 0. The van der Waals surface area contributed by atoms with E-state index in [1.807, 2.05) is 0 Å². The zero-order valence-electron chi connectivity index (χ0n) is 1.89. The molecule has 2 nitrogen and oxygen atoms in total. The molecular formula is HLaLiO2Ti. The molecule has 0 heterocycles. The third kappa shape index (κ3) is 21.4. The second-order valence-electron chi connectivity index (χ2n) is 0. The Morgan fingerprint density at radius 2 is 0.800 bits per heavy atom. The minimum atomic E-state index is 0. The van der Waals surface area contributed by atoms with Gasteiger partial charge in [-0.25, -0.2) is 0 Å². The molecule has 0 aromatic rings. The molecule has 0 N–H and O–H groups in total. The Kier molecular flexibility index (Phi) is 335. The fraction of sp³-hybridized carbons (Fsp3) is 0. The van der Waals surface area contributed by atoms with Crippen LogP contribution >= 0.6 is 0 Å². The molecule has 5 heteroatoms. The van der Waals surface area contributed by atoms with Gasteiger partial charge in [-0.2, -0.15) is 0 Å². The molecule has 0 amide bonds. The molecule has 0 bridgehead atoms. The first-order valence-electron chi connectivity index (χ1n) is 0. The number of rotatable bonds is 0.